The minimum Gasteiger partial charge on any atom is -0.230 e. The predicted octanol–water partition coefficient (Wildman–Crippen LogP) is 6.68. The predicted molar refractivity (Wildman–Crippen MR) is 103 cm³/mol. The molecule has 0 radical (unpaired) electrons. The van der Waals surface area contributed by atoms with Gasteiger partial charge in [-0.1, -0.05) is 47.6 Å². The summed E-state index contributed by atoms with van der Waals surface area (Å²) in [5.41, 5.74) is 7.59. The maximum Gasteiger partial charge on any atom is 0.150 e. The van der Waals surface area contributed by atoms with Crippen molar-refractivity contribution < 1.29 is 0 Å². The van der Waals surface area contributed by atoms with Gasteiger partial charge in [0.25, 0.3) is 0 Å². The minimum absolute atomic E-state index is 0.754. The lowest BCUT2D eigenvalue weighted by Gasteiger charge is -2.08. The summed E-state index contributed by atoms with van der Waals surface area (Å²) in [5, 5.41) is 2.86. The Balaban J connectivity index is 1.72. The van der Waals surface area contributed by atoms with E-state index in [1.165, 1.54) is 22.3 Å². The van der Waals surface area contributed by atoms with Gasteiger partial charge in [0.1, 0.15) is 0 Å². The van der Waals surface area contributed by atoms with Gasteiger partial charge in [0.2, 0.25) is 0 Å². The van der Waals surface area contributed by atoms with Crippen LogP contribution in [0.2, 0.25) is 5.02 Å². The van der Waals surface area contributed by atoms with E-state index in [-0.39, 0.29) is 0 Å². The summed E-state index contributed by atoms with van der Waals surface area (Å²) in [4.78, 5) is 4.73. The van der Waals surface area contributed by atoms with Gasteiger partial charge in [-0.15, -0.1) is 11.3 Å². The van der Waals surface area contributed by atoms with Crippen LogP contribution in [-0.4, -0.2) is 4.98 Å². The van der Waals surface area contributed by atoms with Crippen molar-refractivity contribution >= 4 is 34.7 Å². The maximum atomic E-state index is 5.94. The SMILES string of the molecule is Cc1cc(C)c(CSc2nc(-c3ccc(Cl)cc3)cs2)cc1C. The Morgan fingerprint density at radius 3 is 2.43 bits per heavy atom. The van der Waals surface area contributed by atoms with Crippen LogP contribution in [0.15, 0.2) is 46.1 Å². The molecule has 0 unspecified atom stereocenters. The molecule has 1 nitrogen and oxygen atoms in total. The number of halogens is 1. The first-order valence-electron chi connectivity index (χ1n) is 7.44. The number of thiazole rings is 1. The van der Waals surface area contributed by atoms with Crippen molar-refractivity contribution in [3.05, 3.63) is 69.1 Å². The lowest BCUT2D eigenvalue weighted by molar-refractivity contribution is 1.21. The number of aryl methyl sites for hydroxylation is 3. The molecule has 1 heterocycles. The molecule has 0 aliphatic carbocycles. The van der Waals surface area contributed by atoms with Crippen molar-refractivity contribution in [3.63, 3.8) is 0 Å². The van der Waals surface area contributed by atoms with Crippen molar-refractivity contribution in [3.8, 4) is 11.3 Å². The Labute approximate surface area is 150 Å². The first-order valence-corrected chi connectivity index (χ1v) is 9.68. The Hall–Kier alpha value is -1.29. The van der Waals surface area contributed by atoms with E-state index >= 15 is 0 Å². The third kappa shape index (κ3) is 3.97. The highest BCUT2D eigenvalue weighted by Gasteiger charge is 2.07. The molecule has 4 heteroatoms. The highest BCUT2D eigenvalue weighted by molar-refractivity contribution is 8.00. The Bertz CT molecular complexity index is 822. The summed E-state index contributed by atoms with van der Waals surface area (Å²) in [6.07, 6.45) is 0. The van der Waals surface area contributed by atoms with Gasteiger partial charge < -0.3 is 0 Å². The van der Waals surface area contributed by atoms with Crippen LogP contribution in [0.1, 0.15) is 22.3 Å². The van der Waals surface area contributed by atoms with E-state index in [9.17, 15) is 0 Å². The second-order valence-corrected chi connectivity index (χ2v) is 8.17. The van der Waals surface area contributed by atoms with Gasteiger partial charge >= 0.3 is 0 Å². The molecule has 0 aliphatic rings. The van der Waals surface area contributed by atoms with Crippen LogP contribution < -0.4 is 0 Å². The van der Waals surface area contributed by atoms with E-state index < -0.39 is 0 Å². The molecule has 1 aromatic heterocycles. The molecule has 0 amide bonds. The van der Waals surface area contributed by atoms with Crippen molar-refractivity contribution in [2.24, 2.45) is 0 Å². The van der Waals surface area contributed by atoms with Gasteiger partial charge in [-0.3, -0.25) is 0 Å². The highest BCUT2D eigenvalue weighted by atomic mass is 35.5. The monoisotopic (exact) mass is 359 g/mol. The van der Waals surface area contributed by atoms with Crippen LogP contribution in [0, 0.1) is 20.8 Å². The number of aromatic nitrogens is 1. The normalized spacial score (nSPS) is 11.0. The van der Waals surface area contributed by atoms with Crippen LogP contribution in [-0.2, 0) is 5.75 Å². The Morgan fingerprint density at radius 1 is 1.00 bits per heavy atom. The summed E-state index contributed by atoms with van der Waals surface area (Å²) < 4.78 is 1.10. The first-order chi connectivity index (χ1) is 11.0. The summed E-state index contributed by atoms with van der Waals surface area (Å²) in [6.45, 7) is 6.52. The molecule has 0 fully saturated rings. The van der Waals surface area contributed by atoms with Crippen LogP contribution in [0.4, 0.5) is 0 Å². The number of nitrogens with zero attached hydrogens (tertiary/aromatic N) is 1. The van der Waals surface area contributed by atoms with E-state index in [1.54, 1.807) is 23.1 Å². The number of benzene rings is 2. The first kappa shape index (κ1) is 16.6. The summed E-state index contributed by atoms with van der Waals surface area (Å²) in [5.74, 6) is 0.959. The van der Waals surface area contributed by atoms with Gasteiger partial charge in [0.15, 0.2) is 4.34 Å². The lowest BCUT2D eigenvalue weighted by Crippen LogP contribution is -1.91. The van der Waals surface area contributed by atoms with Crippen molar-refractivity contribution in [1.82, 2.24) is 4.98 Å². The second-order valence-electron chi connectivity index (χ2n) is 5.66. The van der Waals surface area contributed by atoms with Crippen molar-refractivity contribution in [1.29, 1.82) is 0 Å². The smallest absolute Gasteiger partial charge is 0.150 e. The van der Waals surface area contributed by atoms with E-state index in [2.05, 4.69) is 38.3 Å². The van der Waals surface area contributed by atoms with Gasteiger partial charge in [0.05, 0.1) is 5.69 Å². The molecule has 0 aliphatic heterocycles. The van der Waals surface area contributed by atoms with Crippen LogP contribution in [0.5, 0.6) is 0 Å². The van der Waals surface area contributed by atoms with Gasteiger partial charge in [-0.05, 0) is 55.2 Å². The Morgan fingerprint density at radius 2 is 1.70 bits per heavy atom. The standard InChI is InChI=1S/C19H18ClNS2/c1-12-8-14(3)16(9-13(12)2)10-22-19-21-18(11-23-19)15-4-6-17(20)7-5-15/h4-9,11H,10H2,1-3H3. The fourth-order valence-corrected chi connectivity index (χ4v) is 4.42. The molecule has 3 rings (SSSR count). The molecular formula is C19H18ClNS2. The fraction of sp³-hybridized carbons (Fsp3) is 0.211. The fourth-order valence-electron chi connectivity index (χ4n) is 2.39. The number of thioether (sulfide) groups is 1. The van der Waals surface area contributed by atoms with Gasteiger partial charge in [-0.25, -0.2) is 4.98 Å². The molecule has 118 valence electrons. The molecule has 3 aromatic rings. The third-order valence-corrected chi connectivity index (χ3v) is 6.25. The number of rotatable bonds is 4. The lowest BCUT2D eigenvalue weighted by atomic mass is 10.0. The van der Waals surface area contributed by atoms with Crippen molar-refractivity contribution in [2.75, 3.05) is 0 Å². The largest absolute Gasteiger partial charge is 0.230 e. The number of hydrogen-bond donors (Lipinski definition) is 0. The summed E-state index contributed by atoms with van der Waals surface area (Å²) >= 11 is 9.44. The summed E-state index contributed by atoms with van der Waals surface area (Å²) in [6, 6.07) is 12.4. The van der Waals surface area contributed by atoms with E-state index in [0.29, 0.717) is 0 Å². The van der Waals surface area contributed by atoms with E-state index in [0.717, 1.165) is 26.4 Å². The van der Waals surface area contributed by atoms with E-state index in [4.69, 9.17) is 16.6 Å². The molecule has 0 atom stereocenters. The highest BCUT2D eigenvalue weighted by Crippen LogP contribution is 2.31. The van der Waals surface area contributed by atoms with Gasteiger partial charge in [0, 0.05) is 21.7 Å². The number of hydrogen-bond acceptors (Lipinski definition) is 3. The molecule has 0 N–H and O–H groups in total. The quantitative estimate of drug-likeness (QED) is 0.482. The zero-order valence-electron chi connectivity index (χ0n) is 13.4. The third-order valence-electron chi connectivity index (χ3n) is 3.93. The molecule has 23 heavy (non-hydrogen) atoms. The molecule has 2 aromatic carbocycles. The minimum atomic E-state index is 0.754. The molecule has 0 saturated carbocycles. The van der Waals surface area contributed by atoms with Crippen LogP contribution in [0.3, 0.4) is 0 Å². The molecule has 0 bridgehead atoms. The average molecular weight is 360 g/mol. The second kappa shape index (κ2) is 7.08. The summed E-state index contributed by atoms with van der Waals surface area (Å²) in [7, 11) is 0. The zero-order chi connectivity index (χ0) is 16.4. The van der Waals surface area contributed by atoms with Crippen molar-refractivity contribution in [2.45, 2.75) is 30.9 Å². The van der Waals surface area contributed by atoms with Gasteiger partial charge in [-0.2, -0.15) is 0 Å². The van der Waals surface area contributed by atoms with Crippen LogP contribution in [0.25, 0.3) is 11.3 Å². The molecular weight excluding hydrogens is 342 g/mol. The Kier molecular flexibility index (Phi) is 5.10. The average Bonchev–Trinajstić information content (AvgIpc) is 2.99. The maximum absolute atomic E-state index is 5.94. The van der Waals surface area contributed by atoms with E-state index in [1.807, 2.05) is 24.3 Å². The van der Waals surface area contributed by atoms with Crippen LogP contribution >= 0.6 is 34.7 Å². The molecule has 0 saturated heterocycles. The zero-order valence-corrected chi connectivity index (χ0v) is 15.8. The topological polar surface area (TPSA) is 12.9 Å². The molecule has 0 spiro atoms.